The van der Waals surface area contributed by atoms with E-state index in [0.717, 1.165) is 25.9 Å². The van der Waals surface area contributed by atoms with Crippen LogP contribution in [0.25, 0.3) is 0 Å². The third-order valence-electron chi connectivity index (χ3n) is 2.90. The molecule has 0 spiro atoms. The van der Waals surface area contributed by atoms with E-state index in [-0.39, 0.29) is 5.41 Å². The predicted molar refractivity (Wildman–Crippen MR) is 55.4 cm³/mol. The topological polar surface area (TPSA) is 32.3 Å². The van der Waals surface area contributed by atoms with Gasteiger partial charge in [0.25, 0.3) is 0 Å². The summed E-state index contributed by atoms with van der Waals surface area (Å²) in [6, 6.07) is 0. The minimum absolute atomic E-state index is 0.233. The Bertz CT molecular complexity index is 154. The highest BCUT2D eigenvalue weighted by atomic mass is 16.3. The second-order valence-electron chi connectivity index (χ2n) is 5.02. The first-order valence-electron chi connectivity index (χ1n) is 5.20. The van der Waals surface area contributed by atoms with E-state index >= 15 is 0 Å². The summed E-state index contributed by atoms with van der Waals surface area (Å²) in [5.74, 6) is 0. The first-order valence-corrected chi connectivity index (χ1v) is 5.20. The van der Waals surface area contributed by atoms with Crippen molar-refractivity contribution in [3.05, 3.63) is 6.92 Å². The van der Waals surface area contributed by atoms with Gasteiger partial charge >= 0.3 is 0 Å². The Kier molecular flexibility index (Phi) is 3.36. The number of aliphatic hydroxyl groups is 1. The summed E-state index contributed by atoms with van der Waals surface area (Å²) in [4.78, 5) is 0. The molecule has 1 heterocycles. The lowest BCUT2D eigenvalue weighted by atomic mass is 9.71. The van der Waals surface area contributed by atoms with Gasteiger partial charge in [-0.15, -0.1) is 0 Å². The molecule has 0 amide bonds. The van der Waals surface area contributed by atoms with E-state index in [1.165, 1.54) is 12.8 Å². The number of nitrogens with one attached hydrogen (secondary N) is 1. The summed E-state index contributed by atoms with van der Waals surface area (Å²) in [5, 5.41) is 13.2. The Morgan fingerprint density at radius 3 is 2.62 bits per heavy atom. The van der Waals surface area contributed by atoms with Gasteiger partial charge < -0.3 is 10.4 Å². The number of hydrogen-bond donors (Lipinski definition) is 2. The van der Waals surface area contributed by atoms with Crippen molar-refractivity contribution < 1.29 is 5.11 Å². The Morgan fingerprint density at radius 1 is 1.54 bits per heavy atom. The molecule has 0 aromatic carbocycles. The Balaban J connectivity index is 2.57. The van der Waals surface area contributed by atoms with Gasteiger partial charge in [-0.1, -0.05) is 6.92 Å². The first kappa shape index (κ1) is 11.0. The molecule has 1 aliphatic rings. The lowest BCUT2D eigenvalue weighted by molar-refractivity contribution is 0.0115. The average molecular weight is 184 g/mol. The maximum Gasteiger partial charge on any atom is 0.0597 e. The zero-order valence-electron chi connectivity index (χ0n) is 8.90. The van der Waals surface area contributed by atoms with Gasteiger partial charge in [0.2, 0.25) is 0 Å². The van der Waals surface area contributed by atoms with Gasteiger partial charge in [0.15, 0.2) is 0 Å². The third-order valence-corrected chi connectivity index (χ3v) is 2.90. The summed E-state index contributed by atoms with van der Waals surface area (Å²) in [6.07, 6.45) is 4.19. The lowest BCUT2D eigenvalue weighted by Gasteiger charge is -2.40. The van der Waals surface area contributed by atoms with Gasteiger partial charge in [0.1, 0.15) is 0 Å². The SMILES string of the molecule is [CH2]C[C@@]1(CC(C)(C)O)CCCNC1. The molecule has 13 heavy (non-hydrogen) atoms. The Labute approximate surface area is 81.7 Å². The van der Waals surface area contributed by atoms with Crippen molar-refractivity contribution >= 4 is 0 Å². The summed E-state index contributed by atoms with van der Waals surface area (Å²) in [7, 11) is 0. The molecular formula is C11H22NO. The van der Waals surface area contributed by atoms with Crippen molar-refractivity contribution in [2.45, 2.75) is 45.1 Å². The van der Waals surface area contributed by atoms with Gasteiger partial charge in [-0.25, -0.2) is 0 Å². The molecule has 0 aromatic rings. The molecule has 1 aliphatic heterocycles. The molecule has 0 aliphatic carbocycles. The molecule has 0 saturated carbocycles. The van der Waals surface area contributed by atoms with E-state index in [9.17, 15) is 5.11 Å². The van der Waals surface area contributed by atoms with Crippen LogP contribution >= 0.6 is 0 Å². The monoisotopic (exact) mass is 184 g/mol. The van der Waals surface area contributed by atoms with Gasteiger partial charge in [-0.3, -0.25) is 0 Å². The molecule has 2 nitrogen and oxygen atoms in total. The molecule has 0 aromatic heterocycles. The Hall–Kier alpha value is -0.0800. The number of piperidine rings is 1. The van der Waals surface area contributed by atoms with Crippen molar-refractivity contribution in [3.63, 3.8) is 0 Å². The summed E-state index contributed by atoms with van der Waals surface area (Å²) in [5.41, 5.74) is -0.326. The van der Waals surface area contributed by atoms with E-state index in [1.807, 2.05) is 13.8 Å². The second-order valence-corrected chi connectivity index (χ2v) is 5.02. The standard InChI is InChI=1S/C11H22NO/c1-4-11(8-10(2,3)13)6-5-7-12-9-11/h12-13H,1,4-9H2,2-3H3/t11-/m0/s1. The molecule has 77 valence electrons. The highest BCUT2D eigenvalue weighted by Gasteiger charge is 2.34. The normalized spacial score (nSPS) is 30.5. The summed E-state index contributed by atoms with van der Waals surface area (Å²) in [6.45, 7) is 9.92. The fraction of sp³-hybridized carbons (Fsp3) is 0.909. The highest BCUT2D eigenvalue weighted by Crippen LogP contribution is 2.37. The fourth-order valence-corrected chi connectivity index (χ4v) is 2.40. The highest BCUT2D eigenvalue weighted by molar-refractivity contribution is 4.90. The van der Waals surface area contributed by atoms with E-state index in [0.29, 0.717) is 0 Å². The zero-order chi connectivity index (χ0) is 9.95. The molecule has 0 unspecified atom stereocenters. The quantitative estimate of drug-likeness (QED) is 0.700. The van der Waals surface area contributed by atoms with Crippen LogP contribution in [0.1, 0.15) is 39.5 Å². The van der Waals surface area contributed by atoms with Crippen LogP contribution in [0.3, 0.4) is 0 Å². The van der Waals surface area contributed by atoms with Crippen molar-refractivity contribution in [1.82, 2.24) is 5.32 Å². The van der Waals surface area contributed by atoms with Gasteiger partial charge in [-0.2, -0.15) is 0 Å². The van der Waals surface area contributed by atoms with Crippen LogP contribution < -0.4 is 5.32 Å². The van der Waals surface area contributed by atoms with E-state index in [2.05, 4.69) is 12.2 Å². The third kappa shape index (κ3) is 3.28. The molecule has 1 saturated heterocycles. The van der Waals surface area contributed by atoms with Crippen molar-refractivity contribution in [2.75, 3.05) is 13.1 Å². The molecule has 0 bridgehead atoms. The number of rotatable bonds is 3. The van der Waals surface area contributed by atoms with Crippen LogP contribution in [0.4, 0.5) is 0 Å². The van der Waals surface area contributed by atoms with Gasteiger partial charge in [-0.05, 0) is 51.5 Å². The second kappa shape index (κ2) is 3.97. The van der Waals surface area contributed by atoms with E-state index in [1.54, 1.807) is 0 Å². The maximum absolute atomic E-state index is 9.81. The first-order chi connectivity index (χ1) is 5.97. The predicted octanol–water partition coefficient (Wildman–Crippen LogP) is 1.74. The lowest BCUT2D eigenvalue weighted by Crippen LogP contribution is -2.43. The van der Waals surface area contributed by atoms with Crippen molar-refractivity contribution in [1.29, 1.82) is 0 Å². The molecule has 1 fully saturated rings. The minimum atomic E-state index is -0.559. The minimum Gasteiger partial charge on any atom is -0.390 e. The Morgan fingerprint density at radius 2 is 2.23 bits per heavy atom. The molecule has 1 atom stereocenters. The van der Waals surface area contributed by atoms with Crippen molar-refractivity contribution in [2.24, 2.45) is 5.41 Å². The van der Waals surface area contributed by atoms with Gasteiger partial charge in [0, 0.05) is 6.54 Å². The fourth-order valence-electron chi connectivity index (χ4n) is 2.40. The van der Waals surface area contributed by atoms with Crippen LogP contribution in [0.2, 0.25) is 0 Å². The van der Waals surface area contributed by atoms with Crippen LogP contribution in [0.15, 0.2) is 0 Å². The van der Waals surface area contributed by atoms with Crippen LogP contribution in [-0.2, 0) is 0 Å². The van der Waals surface area contributed by atoms with Crippen LogP contribution in [0.5, 0.6) is 0 Å². The number of hydrogen-bond acceptors (Lipinski definition) is 2. The van der Waals surface area contributed by atoms with Crippen LogP contribution in [0, 0.1) is 12.3 Å². The smallest absolute Gasteiger partial charge is 0.0597 e. The summed E-state index contributed by atoms with van der Waals surface area (Å²) < 4.78 is 0. The maximum atomic E-state index is 9.81. The average Bonchev–Trinajstić information content (AvgIpc) is 2.03. The zero-order valence-corrected chi connectivity index (χ0v) is 8.90. The molecular weight excluding hydrogens is 162 g/mol. The van der Waals surface area contributed by atoms with Crippen molar-refractivity contribution in [3.8, 4) is 0 Å². The largest absolute Gasteiger partial charge is 0.390 e. The van der Waals surface area contributed by atoms with Gasteiger partial charge in [0.05, 0.1) is 5.60 Å². The molecule has 2 heteroatoms. The van der Waals surface area contributed by atoms with E-state index in [4.69, 9.17) is 0 Å². The molecule has 1 rings (SSSR count). The van der Waals surface area contributed by atoms with E-state index < -0.39 is 5.60 Å². The van der Waals surface area contributed by atoms with Crippen LogP contribution in [-0.4, -0.2) is 23.8 Å². The molecule has 2 N–H and O–H groups in total. The summed E-state index contributed by atoms with van der Waals surface area (Å²) >= 11 is 0. The molecule has 1 radical (unpaired) electrons.